The third-order valence-electron chi connectivity index (χ3n) is 4.03. The molecule has 22 heavy (non-hydrogen) atoms. The third kappa shape index (κ3) is 2.79. The molecule has 3 rings (SSSR count). The lowest BCUT2D eigenvalue weighted by Gasteiger charge is -2.27. The SMILES string of the molecule is CCCC1CC(c2cc(I)cc(I)c2)(n2ccnc2)C(=O)O1. The molecule has 2 aromatic rings. The molecule has 2 heterocycles. The number of hydrogen-bond acceptors (Lipinski definition) is 3. The average molecular weight is 522 g/mol. The molecule has 0 spiro atoms. The van der Waals surface area contributed by atoms with Gasteiger partial charge in [-0.1, -0.05) is 13.3 Å². The van der Waals surface area contributed by atoms with Gasteiger partial charge in [0.15, 0.2) is 5.54 Å². The maximum Gasteiger partial charge on any atom is 0.337 e. The Bertz CT molecular complexity index is 667. The molecule has 0 saturated carbocycles. The summed E-state index contributed by atoms with van der Waals surface area (Å²) in [5.74, 6) is -0.179. The van der Waals surface area contributed by atoms with Crippen LogP contribution in [-0.4, -0.2) is 21.6 Å². The first kappa shape index (κ1) is 16.2. The number of benzene rings is 1. The maximum atomic E-state index is 12.8. The number of cyclic esters (lactones) is 1. The van der Waals surface area contributed by atoms with Crippen LogP contribution in [0.1, 0.15) is 31.7 Å². The molecule has 6 heteroatoms. The van der Waals surface area contributed by atoms with Crippen molar-refractivity contribution in [3.8, 4) is 0 Å². The van der Waals surface area contributed by atoms with Crippen molar-refractivity contribution < 1.29 is 9.53 Å². The second kappa shape index (κ2) is 6.46. The van der Waals surface area contributed by atoms with Gasteiger partial charge in [0.2, 0.25) is 0 Å². The van der Waals surface area contributed by atoms with Gasteiger partial charge in [-0.25, -0.2) is 9.78 Å². The summed E-state index contributed by atoms with van der Waals surface area (Å²) in [4.78, 5) is 17.0. The molecule has 0 bridgehead atoms. The molecule has 116 valence electrons. The van der Waals surface area contributed by atoms with Crippen LogP contribution in [0.3, 0.4) is 0 Å². The van der Waals surface area contributed by atoms with Crippen LogP contribution in [0.25, 0.3) is 0 Å². The van der Waals surface area contributed by atoms with Gasteiger partial charge in [-0.05, 0) is 75.4 Å². The Labute approximate surface area is 156 Å². The van der Waals surface area contributed by atoms with Gasteiger partial charge < -0.3 is 9.30 Å². The highest BCUT2D eigenvalue weighted by atomic mass is 127. The summed E-state index contributed by atoms with van der Waals surface area (Å²) in [5.41, 5.74) is 0.183. The van der Waals surface area contributed by atoms with E-state index < -0.39 is 5.54 Å². The standard InChI is InChI=1S/C16H16I2N2O2/c1-2-3-14-9-16(15(21)22-14,20-5-4-19-10-20)11-6-12(17)8-13(18)7-11/h4-8,10,14H,2-3,9H2,1H3. The van der Waals surface area contributed by atoms with Crippen molar-refractivity contribution in [3.63, 3.8) is 0 Å². The smallest absolute Gasteiger partial charge is 0.337 e. The number of halogens is 2. The number of aromatic nitrogens is 2. The van der Waals surface area contributed by atoms with Crippen LogP contribution in [0, 0.1) is 7.14 Å². The number of carbonyl (C=O) groups is 1. The molecule has 0 N–H and O–H groups in total. The minimum atomic E-state index is -0.794. The first-order valence-corrected chi connectivity index (χ1v) is 9.38. The Hall–Kier alpha value is -0.640. The fourth-order valence-electron chi connectivity index (χ4n) is 3.06. The van der Waals surface area contributed by atoms with Crippen molar-refractivity contribution in [2.45, 2.75) is 37.8 Å². The van der Waals surface area contributed by atoms with E-state index in [1.807, 2.05) is 10.8 Å². The van der Waals surface area contributed by atoms with Gasteiger partial charge in [-0.2, -0.15) is 0 Å². The Kier molecular flexibility index (Phi) is 4.77. The molecule has 1 saturated heterocycles. The molecule has 1 aliphatic rings. The van der Waals surface area contributed by atoms with Gasteiger partial charge in [0.05, 0.1) is 6.33 Å². The molecule has 0 aliphatic carbocycles. The Balaban J connectivity index is 2.14. The lowest BCUT2D eigenvalue weighted by atomic mass is 9.85. The van der Waals surface area contributed by atoms with E-state index in [9.17, 15) is 4.79 Å². The van der Waals surface area contributed by atoms with Crippen molar-refractivity contribution in [2.75, 3.05) is 0 Å². The number of nitrogens with zero attached hydrogens (tertiary/aromatic N) is 2. The van der Waals surface area contributed by atoms with E-state index in [2.05, 4.69) is 75.3 Å². The molecule has 1 fully saturated rings. The highest BCUT2D eigenvalue weighted by molar-refractivity contribution is 14.1. The van der Waals surface area contributed by atoms with Gasteiger partial charge in [-0.15, -0.1) is 0 Å². The predicted molar refractivity (Wildman–Crippen MR) is 101 cm³/mol. The lowest BCUT2D eigenvalue weighted by molar-refractivity contribution is -0.146. The first-order valence-electron chi connectivity index (χ1n) is 7.22. The molecule has 4 nitrogen and oxygen atoms in total. The monoisotopic (exact) mass is 522 g/mol. The van der Waals surface area contributed by atoms with Crippen molar-refractivity contribution in [2.24, 2.45) is 0 Å². The molecule has 2 unspecified atom stereocenters. The molecule has 1 aromatic carbocycles. The molecule has 0 radical (unpaired) electrons. The zero-order valence-corrected chi connectivity index (χ0v) is 16.4. The van der Waals surface area contributed by atoms with Crippen molar-refractivity contribution in [1.29, 1.82) is 0 Å². The summed E-state index contributed by atoms with van der Waals surface area (Å²) >= 11 is 4.58. The third-order valence-corrected chi connectivity index (χ3v) is 5.28. The second-order valence-electron chi connectivity index (χ2n) is 5.51. The van der Waals surface area contributed by atoms with E-state index in [0.29, 0.717) is 6.42 Å². The minimum absolute atomic E-state index is 0.0320. The molecule has 2 atom stereocenters. The molecule has 1 aromatic heterocycles. The minimum Gasteiger partial charge on any atom is -0.460 e. The molecule has 1 aliphatic heterocycles. The number of esters is 1. The van der Waals surface area contributed by atoms with Crippen LogP contribution in [-0.2, 0) is 15.1 Å². The first-order chi connectivity index (χ1) is 10.6. The van der Waals surface area contributed by atoms with Gasteiger partial charge in [0.1, 0.15) is 6.10 Å². The number of rotatable bonds is 4. The van der Waals surface area contributed by atoms with Crippen LogP contribution in [0.5, 0.6) is 0 Å². The van der Waals surface area contributed by atoms with Crippen molar-refractivity contribution >= 4 is 51.2 Å². The summed E-state index contributed by atoms with van der Waals surface area (Å²) in [6, 6.07) is 6.23. The number of imidazole rings is 1. The van der Waals surface area contributed by atoms with Gasteiger partial charge in [-0.3, -0.25) is 0 Å². The largest absolute Gasteiger partial charge is 0.460 e. The Morgan fingerprint density at radius 3 is 2.68 bits per heavy atom. The second-order valence-corrected chi connectivity index (χ2v) is 8.00. The fourth-order valence-corrected chi connectivity index (χ4v) is 5.00. The Morgan fingerprint density at radius 2 is 2.09 bits per heavy atom. The molecule has 0 amide bonds. The van der Waals surface area contributed by atoms with Crippen LogP contribution < -0.4 is 0 Å². The lowest BCUT2D eigenvalue weighted by Crippen LogP contribution is -2.39. The van der Waals surface area contributed by atoms with Crippen molar-refractivity contribution in [1.82, 2.24) is 9.55 Å². The summed E-state index contributed by atoms with van der Waals surface area (Å²) in [7, 11) is 0. The summed E-state index contributed by atoms with van der Waals surface area (Å²) in [6.07, 6.45) is 7.79. The van der Waals surface area contributed by atoms with E-state index in [1.54, 1.807) is 12.5 Å². The predicted octanol–water partition coefficient (Wildman–Crippen LogP) is 3.95. The van der Waals surface area contributed by atoms with E-state index in [1.165, 1.54) is 0 Å². The quantitative estimate of drug-likeness (QED) is 0.452. The van der Waals surface area contributed by atoms with Crippen molar-refractivity contribution in [3.05, 3.63) is 49.6 Å². The summed E-state index contributed by atoms with van der Waals surface area (Å²) in [5, 5.41) is 0. The highest BCUT2D eigenvalue weighted by Gasteiger charge is 2.51. The fraction of sp³-hybridized carbons (Fsp3) is 0.375. The van der Waals surface area contributed by atoms with Crippen LogP contribution >= 0.6 is 45.2 Å². The number of ether oxygens (including phenoxy) is 1. The van der Waals surface area contributed by atoms with Gasteiger partial charge in [0.25, 0.3) is 0 Å². The normalized spacial score (nSPS) is 24.5. The van der Waals surface area contributed by atoms with Crippen LogP contribution in [0.4, 0.5) is 0 Å². The topological polar surface area (TPSA) is 44.1 Å². The zero-order chi connectivity index (χ0) is 15.7. The average Bonchev–Trinajstić information content (AvgIpc) is 3.06. The zero-order valence-electron chi connectivity index (χ0n) is 12.1. The van der Waals surface area contributed by atoms with E-state index >= 15 is 0 Å². The van der Waals surface area contributed by atoms with Crippen LogP contribution in [0.15, 0.2) is 36.9 Å². The van der Waals surface area contributed by atoms with E-state index in [4.69, 9.17) is 4.74 Å². The Morgan fingerprint density at radius 1 is 1.36 bits per heavy atom. The molecular weight excluding hydrogens is 506 g/mol. The molecular formula is C16H16I2N2O2. The summed E-state index contributed by atoms with van der Waals surface area (Å²) in [6.45, 7) is 2.11. The number of hydrogen-bond donors (Lipinski definition) is 0. The van der Waals surface area contributed by atoms with Gasteiger partial charge >= 0.3 is 5.97 Å². The van der Waals surface area contributed by atoms with E-state index in [-0.39, 0.29) is 12.1 Å². The maximum absolute atomic E-state index is 12.8. The van der Waals surface area contributed by atoms with E-state index in [0.717, 1.165) is 25.5 Å². The highest BCUT2D eigenvalue weighted by Crippen LogP contribution is 2.41. The number of carbonyl (C=O) groups excluding carboxylic acids is 1. The van der Waals surface area contributed by atoms with Crippen LogP contribution in [0.2, 0.25) is 0 Å². The summed E-state index contributed by atoms with van der Waals surface area (Å²) < 4.78 is 9.81. The van der Waals surface area contributed by atoms with Gasteiger partial charge in [0, 0.05) is 26.0 Å².